The van der Waals surface area contributed by atoms with Crippen molar-refractivity contribution in [3.05, 3.63) is 18.2 Å². The molecule has 0 aliphatic carbocycles. The van der Waals surface area contributed by atoms with Gasteiger partial charge in [0.15, 0.2) is 0 Å². The van der Waals surface area contributed by atoms with E-state index in [-0.39, 0.29) is 11.8 Å². The highest BCUT2D eigenvalue weighted by molar-refractivity contribution is 5.79. The molecule has 1 amide bonds. The summed E-state index contributed by atoms with van der Waals surface area (Å²) >= 11 is 0. The molecule has 1 aromatic carbocycles. The number of amides is 1. The van der Waals surface area contributed by atoms with Gasteiger partial charge in [-0.1, -0.05) is 13.0 Å². The molecule has 0 bridgehead atoms. The summed E-state index contributed by atoms with van der Waals surface area (Å²) in [5.41, 5.74) is 13.3. The van der Waals surface area contributed by atoms with E-state index < -0.39 is 0 Å². The third kappa shape index (κ3) is 3.40. The molecule has 0 spiro atoms. The van der Waals surface area contributed by atoms with Crippen LogP contribution in [0.4, 0.5) is 11.4 Å². The number of nitrogens with two attached hydrogens (primary N) is 2. The maximum absolute atomic E-state index is 11.5. The van der Waals surface area contributed by atoms with Crippen LogP contribution >= 0.6 is 0 Å². The third-order valence-corrected chi connectivity index (χ3v) is 4.10. The second kappa shape index (κ2) is 6.70. The Labute approximate surface area is 126 Å². The number of benzene rings is 1. The predicted molar refractivity (Wildman–Crippen MR) is 85.4 cm³/mol. The lowest BCUT2D eigenvalue weighted by Gasteiger charge is -2.39. The highest BCUT2D eigenvalue weighted by atomic mass is 16.5. The van der Waals surface area contributed by atoms with E-state index in [0.29, 0.717) is 30.6 Å². The van der Waals surface area contributed by atoms with Gasteiger partial charge in [0, 0.05) is 12.6 Å². The summed E-state index contributed by atoms with van der Waals surface area (Å²) in [5, 5.41) is 0. The molecule has 0 saturated carbocycles. The number of primary amides is 1. The molecule has 1 fully saturated rings. The van der Waals surface area contributed by atoms with E-state index in [0.717, 1.165) is 24.9 Å². The highest BCUT2D eigenvalue weighted by Crippen LogP contribution is 2.36. The molecule has 2 atom stereocenters. The van der Waals surface area contributed by atoms with Crippen molar-refractivity contribution < 1.29 is 9.53 Å². The van der Waals surface area contributed by atoms with Gasteiger partial charge in [-0.25, -0.2) is 0 Å². The second-order valence-electron chi connectivity index (χ2n) is 5.72. The van der Waals surface area contributed by atoms with Crippen molar-refractivity contribution in [2.24, 2.45) is 11.7 Å². The van der Waals surface area contributed by atoms with E-state index in [1.54, 1.807) is 0 Å². The minimum Gasteiger partial charge on any atom is -0.491 e. The van der Waals surface area contributed by atoms with Crippen molar-refractivity contribution in [1.82, 2.24) is 0 Å². The molecule has 116 valence electrons. The fourth-order valence-corrected chi connectivity index (χ4v) is 2.80. The fraction of sp³-hybridized carbons (Fsp3) is 0.562. The number of hydrogen-bond acceptors (Lipinski definition) is 4. The van der Waals surface area contributed by atoms with Crippen molar-refractivity contribution in [2.45, 2.75) is 39.2 Å². The van der Waals surface area contributed by atoms with Crippen molar-refractivity contribution in [2.75, 3.05) is 23.8 Å². The van der Waals surface area contributed by atoms with Crippen LogP contribution in [0.2, 0.25) is 0 Å². The van der Waals surface area contributed by atoms with Gasteiger partial charge < -0.3 is 21.1 Å². The average molecular weight is 291 g/mol. The lowest BCUT2D eigenvalue weighted by Crippen LogP contribution is -2.46. The van der Waals surface area contributed by atoms with E-state index in [9.17, 15) is 4.79 Å². The number of nitrogens with zero attached hydrogens (tertiary/aromatic N) is 1. The molecule has 1 saturated heterocycles. The summed E-state index contributed by atoms with van der Waals surface area (Å²) in [5.74, 6) is 0.368. The van der Waals surface area contributed by atoms with Gasteiger partial charge >= 0.3 is 0 Å². The summed E-state index contributed by atoms with van der Waals surface area (Å²) in [4.78, 5) is 13.6. The first-order valence-electron chi connectivity index (χ1n) is 7.61. The minimum absolute atomic E-state index is 0.110. The first-order chi connectivity index (χ1) is 10.0. The van der Waals surface area contributed by atoms with Gasteiger partial charge in [-0.05, 0) is 38.3 Å². The summed E-state index contributed by atoms with van der Waals surface area (Å²) in [7, 11) is 0. The standard InChI is InChI=1S/C16H25N3O2/c1-3-9-21-14-6-4-5-13(15(14)17)19-10-12(16(18)20)8-7-11(19)2/h4-6,11-12H,3,7-10,17H2,1-2H3,(H2,18,20). The second-order valence-corrected chi connectivity index (χ2v) is 5.72. The normalized spacial score (nSPS) is 22.1. The Morgan fingerprint density at radius 3 is 2.86 bits per heavy atom. The summed E-state index contributed by atoms with van der Waals surface area (Å²) in [6, 6.07) is 6.14. The zero-order chi connectivity index (χ0) is 15.4. The molecule has 21 heavy (non-hydrogen) atoms. The molecule has 1 aromatic rings. The Balaban J connectivity index is 2.24. The Hall–Kier alpha value is -1.91. The van der Waals surface area contributed by atoms with Crippen molar-refractivity contribution in [1.29, 1.82) is 0 Å². The van der Waals surface area contributed by atoms with Crippen LogP contribution in [0.25, 0.3) is 0 Å². The number of carbonyl (C=O) groups is 1. The van der Waals surface area contributed by atoms with Crippen LogP contribution < -0.4 is 21.1 Å². The van der Waals surface area contributed by atoms with E-state index in [1.807, 2.05) is 18.2 Å². The number of carbonyl (C=O) groups excluding carboxylic acids is 1. The topological polar surface area (TPSA) is 81.6 Å². The number of anilines is 2. The molecular formula is C16H25N3O2. The highest BCUT2D eigenvalue weighted by Gasteiger charge is 2.30. The molecule has 5 nitrogen and oxygen atoms in total. The monoisotopic (exact) mass is 291 g/mol. The van der Waals surface area contributed by atoms with Crippen LogP contribution in [0.1, 0.15) is 33.1 Å². The van der Waals surface area contributed by atoms with Crippen LogP contribution in [-0.4, -0.2) is 25.1 Å². The van der Waals surface area contributed by atoms with E-state index in [1.165, 1.54) is 0 Å². The van der Waals surface area contributed by atoms with Crippen LogP contribution in [0.5, 0.6) is 5.75 Å². The first-order valence-corrected chi connectivity index (χ1v) is 7.61. The number of para-hydroxylation sites is 1. The molecular weight excluding hydrogens is 266 g/mol. The lowest BCUT2D eigenvalue weighted by atomic mass is 9.92. The van der Waals surface area contributed by atoms with E-state index >= 15 is 0 Å². The van der Waals surface area contributed by atoms with Crippen LogP contribution in [-0.2, 0) is 4.79 Å². The molecule has 1 heterocycles. The maximum atomic E-state index is 11.5. The van der Waals surface area contributed by atoms with Gasteiger partial charge in [-0.2, -0.15) is 0 Å². The van der Waals surface area contributed by atoms with Gasteiger partial charge in [0.2, 0.25) is 5.91 Å². The maximum Gasteiger partial charge on any atom is 0.222 e. The van der Waals surface area contributed by atoms with Gasteiger partial charge in [0.25, 0.3) is 0 Å². The van der Waals surface area contributed by atoms with E-state index in [4.69, 9.17) is 16.2 Å². The van der Waals surface area contributed by atoms with Crippen molar-refractivity contribution in [3.63, 3.8) is 0 Å². The Morgan fingerprint density at radius 1 is 1.43 bits per heavy atom. The molecule has 4 N–H and O–H groups in total. The zero-order valence-corrected chi connectivity index (χ0v) is 12.8. The molecule has 5 heteroatoms. The molecule has 2 rings (SSSR count). The molecule has 1 aliphatic rings. The number of ether oxygens (including phenoxy) is 1. The predicted octanol–water partition coefficient (Wildman–Crippen LogP) is 2.15. The quantitative estimate of drug-likeness (QED) is 0.814. The SMILES string of the molecule is CCCOc1cccc(N2CC(C(N)=O)CCC2C)c1N. The average Bonchev–Trinajstić information content (AvgIpc) is 2.47. The van der Waals surface area contributed by atoms with Crippen molar-refractivity contribution in [3.8, 4) is 5.75 Å². The number of piperidine rings is 1. The largest absolute Gasteiger partial charge is 0.491 e. The Kier molecular flexibility index (Phi) is 4.94. The van der Waals surface area contributed by atoms with Crippen LogP contribution in [0, 0.1) is 5.92 Å². The minimum atomic E-state index is -0.233. The molecule has 0 radical (unpaired) electrons. The molecule has 0 aromatic heterocycles. The molecule has 1 aliphatic heterocycles. The molecule has 2 unspecified atom stereocenters. The van der Waals surface area contributed by atoms with Gasteiger partial charge in [-0.3, -0.25) is 4.79 Å². The van der Waals surface area contributed by atoms with Crippen molar-refractivity contribution >= 4 is 17.3 Å². The third-order valence-electron chi connectivity index (χ3n) is 4.10. The van der Waals surface area contributed by atoms with Gasteiger partial charge in [0.05, 0.1) is 23.9 Å². The Morgan fingerprint density at radius 2 is 2.19 bits per heavy atom. The van der Waals surface area contributed by atoms with Gasteiger partial charge in [0.1, 0.15) is 5.75 Å². The fourth-order valence-electron chi connectivity index (χ4n) is 2.80. The first kappa shape index (κ1) is 15.5. The zero-order valence-electron chi connectivity index (χ0n) is 12.8. The summed E-state index contributed by atoms with van der Waals surface area (Å²) < 4.78 is 5.68. The summed E-state index contributed by atoms with van der Waals surface area (Å²) in [6.45, 7) is 5.48. The van der Waals surface area contributed by atoms with Crippen LogP contribution in [0.15, 0.2) is 18.2 Å². The van der Waals surface area contributed by atoms with Crippen LogP contribution in [0.3, 0.4) is 0 Å². The smallest absolute Gasteiger partial charge is 0.222 e. The number of rotatable bonds is 5. The Bertz CT molecular complexity index is 504. The van der Waals surface area contributed by atoms with E-state index in [2.05, 4.69) is 18.7 Å². The number of nitrogen functional groups attached to an aromatic ring is 1. The van der Waals surface area contributed by atoms with Gasteiger partial charge in [-0.15, -0.1) is 0 Å². The lowest BCUT2D eigenvalue weighted by molar-refractivity contribution is -0.122. The number of hydrogen-bond donors (Lipinski definition) is 2. The summed E-state index contributed by atoms with van der Waals surface area (Å²) in [6.07, 6.45) is 2.72.